The van der Waals surface area contributed by atoms with E-state index in [4.69, 9.17) is 0 Å². The van der Waals surface area contributed by atoms with Gasteiger partial charge in [-0.05, 0) is 42.7 Å². The first-order chi connectivity index (χ1) is 11.5. The highest BCUT2D eigenvalue weighted by Crippen LogP contribution is 2.36. The van der Waals surface area contributed by atoms with Gasteiger partial charge in [-0.3, -0.25) is 0 Å². The van der Waals surface area contributed by atoms with E-state index in [1.165, 1.54) is 33.6 Å². The highest BCUT2D eigenvalue weighted by Gasteiger charge is 2.28. The second-order valence-electron chi connectivity index (χ2n) is 5.87. The number of rotatable bonds is 3. The zero-order chi connectivity index (χ0) is 17.2. The number of hydrogen-bond acceptors (Lipinski definition) is 3. The van der Waals surface area contributed by atoms with Crippen molar-refractivity contribution in [2.24, 2.45) is 0 Å². The van der Waals surface area contributed by atoms with Gasteiger partial charge in [0, 0.05) is 24.1 Å². The molecule has 0 N–H and O–H groups in total. The van der Waals surface area contributed by atoms with Crippen LogP contribution in [0.2, 0.25) is 0 Å². The van der Waals surface area contributed by atoms with E-state index in [-0.39, 0.29) is 4.90 Å². The van der Waals surface area contributed by atoms with Crippen LogP contribution in [0.3, 0.4) is 0 Å². The van der Waals surface area contributed by atoms with Crippen molar-refractivity contribution in [1.82, 2.24) is 4.31 Å². The van der Waals surface area contributed by atoms with Crippen molar-refractivity contribution in [3.05, 3.63) is 65.5 Å². The largest absolute Gasteiger partial charge is 0.243 e. The van der Waals surface area contributed by atoms with E-state index in [1.54, 1.807) is 11.8 Å². The molecule has 0 bridgehead atoms. The van der Waals surface area contributed by atoms with Crippen molar-refractivity contribution in [2.75, 3.05) is 18.8 Å². The van der Waals surface area contributed by atoms with Crippen molar-refractivity contribution in [1.29, 1.82) is 0 Å². The van der Waals surface area contributed by atoms with Gasteiger partial charge in [-0.15, -0.1) is 0 Å². The summed E-state index contributed by atoms with van der Waals surface area (Å²) in [6.07, 6.45) is 0.754. The summed E-state index contributed by atoms with van der Waals surface area (Å²) < 4.78 is 40.4. The Morgan fingerprint density at radius 2 is 1.92 bits per heavy atom. The Kier molecular flexibility index (Phi) is 5.27. The molecule has 6 heteroatoms. The molecule has 1 saturated heterocycles. The van der Waals surface area contributed by atoms with E-state index in [2.05, 4.69) is 19.1 Å². The van der Waals surface area contributed by atoms with Gasteiger partial charge in [0.05, 0.1) is 4.90 Å². The number of benzene rings is 2. The molecule has 1 aliphatic heterocycles. The normalized spacial score (nSPS) is 19.8. The van der Waals surface area contributed by atoms with E-state index in [9.17, 15) is 12.8 Å². The third-order valence-electron chi connectivity index (χ3n) is 4.27. The molecular formula is C18H20FNO2S2. The maximum atomic E-state index is 13.4. The predicted molar refractivity (Wildman–Crippen MR) is 96.2 cm³/mol. The second kappa shape index (κ2) is 7.25. The predicted octanol–water partition coefficient (Wildman–Crippen LogP) is 4.00. The zero-order valence-electron chi connectivity index (χ0n) is 13.5. The maximum Gasteiger partial charge on any atom is 0.243 e. The number of nitrogens with zero attached hydrogens (tertiary/aromatic N) is 1. The van der Waals surface area contributed by atoms with Gasteiger partial charge in [0.2, 0.25) is 10.0 Å². The molecule has 1 atom stereocenters. The third kappa shape index (κ3) is 3.66. The average molecular weight is 365 g/mol. The molecule has 0 aromatic heterocycles. The van der Waals surface area contributed by atoms with Gasteiger partial charge in [-0.25, -0.2) is 12.8 Å². The van der Waals surface area contributed by atoms with Crippen molar-refractivity contribution < 1.29 is 12.8 Å². The molecule has 1 aliphatic rings. The highest BCUT2D eigenvalue weighted by molar-refractivity contribution is 7.99. The number of sulfonamides is 1. The molecule has 0 spiro atoms. The van der Waals surface area contributed by atoms with E-state index < -0.39 is 15.8 Å². The van der Waals surface area contributed by atoms with Crippen LogP contribution in [0.5, 0.6) is 0 Å². The van der Waals surface area contributed by atoms with Gasteiger partial charge in [-0.1, -0.05) is 30.3 Å². The van der Waals surface area contributed by atoms with Gasteiger partial charge in [0.1, 0.15) is 5.82 Å². The van der Waals surface area contributed by atoms with Gasteiger partial charge in [0.15, 0.2) is 0 Å². The summed E-state index contributed by atoms with van der Waals surface area (Å²) in [4.78, 5) is 0.0295. The summed E-state index contributed by atoms with van der Waals surface area (Å²) >= 11 is 1.79. The minimum absolute atomic E-state index is 0.0295. The zero-order valence-corrected chi connectivity index (χ0v) is 15.1. The fraction of sp³-hybridized carbons (Fsp3) is 0.333. The quantitative estimate of drug-likeness (QED) is 0.825. The van der Waals surface area contributed by atoms with Gasteiger partial charge in [-0.2, -0.15) is 16.1 Å². The maximum absolute atomic E-state index is 13.4. The highest BCUT2D eigenvalue weighted by atomic mass is 32.2. The molecule has 0 radical (unpaired) electrons. The molecule has 0 amide bonds. The minimum atomic E-state index is -3.64. The van der Waals surface area contributed by atoms with E-state index >= 15 is 0 Å². The lowest BCUT2D eigenvalue weighted by atomic mass is 10.0. The van der Waals surface area contributed by atoms with Crippen LogP contribution < -0.4 is 0 Å². The van der Waals surface area contributed by atoms with E-state index in [0.717, 1.165) is 18.2 Å². The van der Waals surface area contributed by atoms with Crippen LogP contribution >= 0.6 is 11.8 Å². The Hall–Kier alpha value is -1.37. The molecular weight excluding hydrogens is 345 g/mol. The number of aryl methyl sites for hydroxylation is 1. The van der Waals surface area contributed by atoms with Gasteiger partial charge < -0.3 is 0 Å². The molecule has 0 saturated carbocycles. The molecule has 2 aromatic rings. The van der Waals surface area contributed by atoms with Gasteiger partial charge in [0.25, 0.3) is 0 Å². The number of halogens is 1. The Bertz CT molecular complexity index is 823. The van der Waals surface area contributed by atoms with Crippen LogP contribution in [-0.2, 0) is 10.0 Å². The standard InChI is InChI=1S/C18H20FNO2S2/c1-14-5-2-3-8-17(14)18-9-10-20(11-12-23-18)24(21,22)16-7-4-6-15(19)13-16/h2-8,13,18H,9-12H2,1H3. The fourth-order valence-electron chi connectivity index (χ4n) is 2.96. The molecule has 1 fully saturated rings. The van der Waals surface area contributed by atoms with Crippen LogP contribution in [0, 0.1) is 12.7 Å². The Morgan fingerprint density at radius 3 is 2.67 bits per heavy atom. The van der Waals surface area contributed by atoms with Crippen LogP contribution in [0.1, 0.15) is 22.8 Å². The Labute approximate surface area is 146 Å². The second-order valence-corrected chi connectivity index (χ2v) is 9.11. The molecule has 128 valence electrons. The average Bonchev–Trinajstić information content (AvgIpc) is 2.82. The summed E-state index contributed by atoms with van der Waals surface area (Å²) in [6, 6.07) is 13.5. The molecule has 3 nitrogen and oxygen atoms in total. The lowest BCUT2D eigenvalue weighted by Crippen LogP contribution is -2.33. The SMILES string of the molecule is Cc1ccccc1C1CCN(S(=O)(=O)c2cccc(F)c2)CCS1. The number of thioether (sulfide) groups is 1. The Morgan fingerprint density at radius 1 is 1.12 bits per heavy atom. The van der Waals surface area contributed by atoms with Crippen LogP contribution in [0.4, 0.5) is 4.39 Å². The third-order valence-corrected chi connectivity index (χ3v) is 7.47. The van der Waals surface area contributed by atoms with Crippen molar-refractivity contribution in [2.45, 2.75) is 23.5 Å². The van der Waals surface area contributed by atoms with Crippen molar-refractivity contribution in [3.8, 4) is 0 Å². The summed E-state index contributed by atoms with van der Waals surface area (Å²) in [5.41, 5.74) is 2.50. The molecule has 24 heavy (non-hydrogen) atoms. The molecule has 0 aliphatic carbocycles. The molecule has 3 rings (SSSR count). The summed E-state index contributed by atoms with van der Waals surface area (Å²) in [5.74, 6) is 0.200. The lowest BCUT2D eigenvalue weighted by Gasteiger charge is -2.20. The van der Waals surface area contributed by atoms with Gasteiger partial charge >= 0.3 is 0 Å². The van der Waals surface area contributed by atoms with E-state index in [1.807, 2.05) is 12.1 Å². The fourth-order valence-corrected chi connectivity index (χ4v) is 5.89. The minimum Gasteiger partial charge on any atom is -0.207 e. The monoisotopic (exact) mass is 365 g/mol. The summed E-state index contributed by atoms with van der Waals surface area (Å²) in [6.45, 7) is 2.98. The van der Waals surface area contributed by atoms with E-state index in [0.29, 0.717) is 18.3 Å². The first kappa shape index (κ1) is 17.5. The van der Waals surface area contributed by atoms with Crippen molar-refractivity contribution in [3.63, 3.8) is 0 Å². The van der Waals surface area contributed by atoms with Crippen LogP contribution in [-0.4, -0.2) is 31.6 Å². The summed E-state index contributed by atoms with van der Waals surface area (Å²) in [7, 11) is -3.64. The van der Waals surface area contributed by atoms with Crippen LogP contribution in [0.15, 0.2) is 53.4 Å². The molecule has 1 unspecified atom stereocenters. The first-order valence-corrected chi connectivity index (χ1v) is 10.4. The summed E-state index contributed by atoms with van der Waals surface area (Å²) in [5, 5.41) is 0.291. The number of hydrogen-bond donors (Lipinski definition) is 0. The lowest BCUT2D eigenvalue weighted by molar-refractivity contribution is 0.427. The molecule has 2 aromatic carbocycles. The smallest absolute Gasteiger partial charge is 0.207 e. The molecule has 1 heterocycles. The topological polar surface area (TPSA) is 37.4 Å². The Balaban J connectivity index is 1.79. The van der Waals surface area contributed by atoms with Crippen molar-refractivity contribution >= 4 is 21.8 Å². The first-order valence-electron chi connectivity index (χ1n) is 7.91. The van der Waals surface area contributed by atoms with Crippen LogP contribution in [0.25, 0.3) is 0 Å².